The zero-order valence-electron chi connectivity index (χ0n) is 15.6. The second-order valence-corrected chi connectivity index (χ2v) is 8.15. The third-order valence-corrected chi connectivity index (χ3v) is 6.13. The van der Waals surface area contributed by atoms with Gasteiger partial charge in [-0.2, -0.15) is 0 Å². The predicted octanol–water partition coefficient (Wildman–Crippen LogP) is 4.52. The highest BCUT2D eigenvalue weighted by atomic mass is 79.9. The summed E-state index contributed by atoms with van der Waals surface area (Å²) >= 11 is 5.12. The molecule has 2 aromatic carbocycles. The minimum absolute atomic E-state index is 0.0204. The molecular weight excluding hydrogens is 440 g/mol. The summed E-state index contributed by atoms with van der Waals surface area (Å²) in [5.74, 6) is 2.12. The highest BCUT2D eigenvalue weighted by molar-refractivity contribution is 9.10. The van der Waals surface area contributed by atoms with Crippen molar-refractivity contribution in [3.8, 4) is 5.75 Å². The number of aromatic nitrogens is 4. The van der Waals surface area contributed by atoms with E-state index in [1.807, 2.05) is 53.8 Å². The molecule has 28 heavy (non-hydrogen) atoms. The molecule has 8 heteroatoms. The van der Waals surface area contributed by atoms with Crippen LogP contribution in [0.2, 0.25) is 0 Å². The standard InChI is InChI=1S/C20H19BrN4O2S/c1-3-10-24-18(26)14-6-4-5-7-16(14)25-19(24)22-23-20(25)28-12-13-8-9-17(27-2)15(21)11-13/h4-9,11H,3,10,12H2,1-2H3. The molecule has 0 bridgehead atoms. The lowest BCUT2D eigenvalue weighted by atomic mass is 10.2. The van der Waals surface area contributed by atoms with Crippen molar-refractivity contribution >= 4 is 44.4 Å². The number of rotatable bonds is 6. The van der Waals surface area contributed by atoms with Crippen LogP contribution in [0.4, 0.5) is 0 Å². The minimum atomic E-state index is -0.0204. The third kappa shape index (κ3) is 3.31. The van der Waals surface area contributed by atoms with E-state index < -0.39 is 0 Å². The van der Waals surface area contributed by atoms with Crippen LogP contribution < -0.4 is 10.3 Å². The molecule has 0 N–H and O–H groups in total. The number of hydrogen-bond donors (Lipinski definition) is 0. The number of methoxy groups -OCH3 is 1. The summed E-state index contributed by atoms with van der Waals surface area (Å²) in [7, 11) is 1.65. The quantitative estimate of drug-likeness (QED) is 0.397. The summed E-state index contributed by atoms with van der Waals surface area (Å²) in [6, 6.07) is 13.6. The van der Waals surface area contributed by atoms with E-state index in [-0.39, 0.29) is 5.56 Å². The molecule has 0 amide bonds. The van der Waals surface area contributed by atoms with Gasteiger partial charge in [-0.25, -0.2) is 0 Å². The van der Waals surface area contributed by atoms with Crippen molar-refractivity contribution in [3.63, 3.8) is 0 Å². The van der Waals surface area contributed by atoms with Gasteiger partial charge < -0.3 is 4.74 Å². The maximum absolute atomic E-state index is 12.9. The lowest BCUT2D eigenvalue weighted by Gasteiger charge is -2.10. The molecule has 2 aromatic heterocycles. The summed E-state index contributed by atoms with van der Waals surface area (Å²) < 4.78 is 9.90. The van der Waals surface area contributed by atoms with Gasteiger partial charge in [0.25, 0.3) is 5.56 Å². The Morgan fingerprint density at radius 2 is 2.00 bits per heavy atom. The number of aryl methyl sites for hydroxylation is 1. The van der Waals surface area contributed by atoms with Crippen LogP contribution in [0.3, 0.4) is 0 Å². The Morgan fingerprint density at radius 1 is 1.18 bits per heavy atom. The first-order valence-corrected chi connectivity index (χ1v) is 10.7. The van der Waals surface area contributed by atoms with Crippen molar-refractivity contribution < 1.29 is 4.74 Å². The van der Waals surface area contributed by atoms with E-state index in [0.717, 1.165) is 38.6 Å². The topological polar surface area (TPSA) is 61.4 Å². The highest BCUT2D eigenvalue weighted by Crippen LogP contribution is 2.29. The Balaban J connectivity index is 1.78. The molecule has 0 aliphatic carbocycles. The van der Waals surface area contributed by atoms with Crippen molar-refractivity contribution in [2.75, 3.05) is 7.11 Å². The van der Waals surface area contributed by atoms with Gasteiger partial charge in [-0.3, -0.25) is 13.8 Å². The van der Waals surface area contributed by atoms with Gasteiger partial charge in [-0.1, -0.05) is 36.9 Å². The largest absolute Gasteiger partial charge is 0.496 e. The van der Waals surface area contributed by atoms with Crippen molar-refractivity contribution in [2.45, 2.75) is 30.8 Å². The summed E-state index contributed by atoms with van der Waals surface area (Å²) in [5, 5.41) is 10.2. The SMILES string of the molecule is CCCn1c(=O)c2ccccc2n2c(SCc3ccc(OC)c(Br)c3)nnc12. The highest BCUT2D eigenvalue weighted by Gasteiger charge is 2.16. The van der Waals surface area contributed by atoms with Crippen molar-refractivity contribution in [3.05, 3.63) is 62.9 Å². The minimum Gasteiger partial charge on any atom is -0.496 e. The van der Waals surface area contributed by atoms with Gasteiger partial charge in [0.15, 0.2) is 5.16 Å². The number of benzene rings is 2. The first-order valence-electron chi connectivity index (χ1n) is 8.96. The predicted molar refractivity (Wildman–Crippen MR) is 115 cm³/mol. The number of para-hydroxylation sites is 1. The van der Waals surface area contributed by atoms with Gasteiger partial charge in [0.05, 0.1) is 22.5 Å². The molecule has 0 radical (unpaired) electrons. The number of nitrogens with zero attached hydrogens (tertiary/aromatic N) is 4. The Labute approximate surface area is 174 Å². The molecule has 0 aliphatic rings. The monoisotopic (exact) mass is 458 g/mol. The molecular formula is C20H19BrN4O2S. The average molecular weight is 459 g/mol. The lowest BCUT2D eigenvalue weighted by molar-refractivity contribution is 0.412. The number of ether oxygens (including phenoxy) is 1. The molecule has 0 spiro atoms. The Morgan fingerprint density at radius 3 is 2.75 bits per heavy atom. The van der Waals surface area contributed by atoms with Crippen LogP contribution in [0, 0.1) is 0 Å². The Kier molecular flexibility index (Phi) is 5.41. The molecule has 144 valence electrons. The first-order chi connectivity index (χ1) is 13.6. The summed E-state index contributed by atoms with van der Waals surface area (Å²) in [4.78, 5) is 12.9. The third-order valence-electron chi connectivity index (χ3n) is 4.51. The molecule has 6 nitrogen and oxygen atoms in total. The number of halogens is 1. The maximum atomic E-state index is 12.9. The normalized spacial score (nSPS) is 11.4. The molecule has 2 heterocycles. The van der Waals surface area contributed by atoms with Gasteiger partial charge >= 0.3 is 0 Å². The van der Waals surface area contributed by atoms with Gasteiger partial charge in [-0.15, -0.1) is 10.2 Å². The van der Waals surface area contributed by atoms with E-state index in [4.69, 9.17) is 4.74 Å². The van der Waals surface area contributed by atoms with Gasteiger partial charge in [0.1, 0.15) is 5.75 Å². The smallest absolute Gasteiger partial charge is 0.262 e. The fraction of sp³-hybridized carbons (Fsp3) is 0.250. The molecule has 4 aromatic rings. The van der Waals surface area contributed by atoms with Crippen LogP contribution in [0.1, 0.15) is 18.9 Å². The molecule has 0 saturated carbocycles. The van der Waals surface area contributed by atoms with E-state index in [9.17, 15) is 4.79 Å². The van der Waals surface area contributed by atoms with E-state index in [0.29, 0.717) is 17.7 Å². The lowest BCUT2D eigenvalue weighted by Crippen LogP contribution is -2.23. The summed E-state index contributed by atoms with van der Waals surface area (Å²) in [6.07, 6.45) is 0.850. The number of thioether (sulfide) groups is 1. The van der Waals surface area contributed by atoms with E-state index in [2.05, 4.69) is 26.1 Å². The summed E-state index contributed by atoms with van der Waals surface area (Å²) in [5.41, 5.74) is 1.95. The fourth-order valence-corrected chi connectivity index (χ4v) is 4.67. The van der Waals surface area contributed by atoms with Crippen molar-refractivity contribution in [1.29, 1.82) is 0 Å². The van der Waals surface area contributed by atoms with E-state index in [1.165, 1.54) is 0 Å². The van der Waals surface area contributed by atoms with Crippen LogP contribution in [0.25, 0.3) is 16.7 Å². The van der Waals surface area contributed by atoms with E-state index in [1.54, 1.807) is 23.4 Å². The molecule has 0 unspecified atom stereocenters. The molecule has 0 fully saturated rings. The zero-order chi connectivity index (χ0) is 19.7. The molecule has 0 atom stereocenters. The Hall–Kier alpha value is -2.32. The van der Waals surface area contributed by atoms with Gasteiger partial charge in [0.2, 0.25) is 5.78 Å². The first kappa shape index (κ1) is 19.0. The van der Waals surface area contributed by atoms with Crippen LogP contribution in [0.15, 0.2) is 56.9 Å². The van der Waals surface area contributed by atoms with Gasteiger partial charge in [-0.05, 0) is 52.2 Å². The molecule has 0 saturated heterocycles. The fourth-order valence-electron chi connectivity index (χ4n) is 3.20. The van der Waals surface area contributed by atoms with Crippen LogP contribution in [0.5, 0.6) is 5.75 Å². The van der Waals surface area contributed by atoms with Crippen LogP contribution in [-0.4, -0.2) is 26.3 Å². The maximum Gasteiger partial charge on any atom is 0.262 e. The van der Waals surface area contributed by atoms with E-state index >= 15 is 0 Å². The average Bonchev–Trinajstić information content (AvgIpc) is 3.13. The molecule has 4 rings (SSSR count). The molecule has 0 aliphatic heterocycles. The second kappa shape index (κ2) is 7.97. The van der Waals surface area contributed by atoms with Crippen molar-refractivity contribution in [1.82, 2.24) is 19.2 Å². The Bertz CT molecular complexity index is 1220. The summed E-state index contributed by atoms with van der Waals surface area (Å²) in [6.45, 7) is 2.66. The number of fused-ring (bicyclic) bond motifs is 3. The zero-order valence-corrected chi connectivity index (χ0v) is 18.0. The number of hydrogen-bond acceptors (Lipinski definition) is 5. The van der Waals surface area contributed by atoms with Gasteiger partial charge in [0, 0.05) is 12.3 Å². The second-order valence-electron chi connectivity index (χ2n) is 6.35. The van der Waals surface area contributed by atoms with Crippen LogP contribution in [-0.2, 0) is 12.3 Å². The van der Waals surface area contributed by atoms with Crippen LogP contribution >= 0.6 is 27.7 Å². The van der Waals surface area contributed by atoms with Crippen molar-refractivity contribution in [2.24, 2.45) is 0 Å².